The summed E-state index contributed by atoms with van der Waals surface area (Å²) in [5.41, 5.74) is 1.20. The summed E-state index contributed by atoms with van der Waals surface area (Å²) >= 11 is 1.26. The predicted octanol–water partition coefficient (Wildman–Crippen LogP) is 4.45. The lowest BCUT2D eigenvalue weighted by atomic mass is 10.0. The first-order valence-electron chi connectivity index (χ1n) is 10.5. The highest BCUT2D eigenvalue weighted by molar-refractivity contribution is 8.09. The number of imide groups is 1. The zero-order valence-corrected chi connectivity index (χ0v) is 18.5. The van der Waals surface area contributed by atoms with Gasteiger partial charge in [0.25, 0.3) is 5.91 Å². The molecular weight excluding hydrogens is 453 g/mol. The van der Waals surface area contributed by atoms with Crippen molar-refractivity contribution in [3.05, 3.63) is 77.9 Å². The van der Waals surface area contributed by atoms with Gasteiger partial charge in [-0.2, -0.15) is 10.5 Å². The summed E-state index contributed by atoms with van der Waals surface area (Å²) in [5, 5.41) is 18.5. The number of hydrogen-bond acceptors (Lipinski definition) is 6. The number of rotatable bonds is 4. The number of halogens is 1. The zero-order valence-electron chi connectivity index (χ0n) is 17.7. The van der Waals surface area contributed by atoms with Gasteiger partial charge in [0, 0.05) is 34.0 Å². The van der Waals surface area contributed by atoms with E-state index in [2.05, 4.69) is 11.1 Å². The van der Waals surface area contributed by atoms with Crippen LogP contribution in [0.3, 0.4) is 0 Å². The molecule has 1 saturated heterocycles. The van der Waals surface area contributed by atoms with Gasteiger partial charge in [0.05, 0.1) is 42.0 Å². The first-order valence-corrected chi connectivity index (χ1v) is 11.3. The van der Waals surface area contributed by atoms with Crippen molar-refractivity contribution in [2.75, 3.05) is 11.4 Å². The Balaban J connectivity index is 1.62. The molecule has 0 bridgehead atoms. The first-order chi connectivity index (χ1) is 16.5. The Kier molecular flexibility index (Phi) is 5.48. The summed E-state index contributed by atoms with van der Waals surface area (Å²) in [5.74, 6) is -1.06. The highest BCUT2D eigenvalue weighted by atomic mass is 32.2. The van der Waals surface area contributed by atoms with E-state index in [9.17, 15) is 19.2 Å². The Morgan fingerprint density at radius 1 is 1.09 bits per heavy atom. The number of pyridine rings is 1. The van der Waals surface area contributed by atoms with E-state index in [0.29, 0.717) is 21.4 Å². The summed E-state index contributed by atoms with van der Waals surface area (Å²) < 4.78 is 14.8. The number of urea groups is 1. The molecule has 0 spiro atoms. The molecule has 5 rings (SSSR count). The number of aromatic nitrogens is 1. The highest BCUT2D eigenvalue weighted by Crippen LogP contribution is 2.46. The van der Waals surface area contributed by atoms with Gasteiger partial charge in [-0.25, -0.2) is 14.1 Å². The lowest BCUT2D eigenvalue weighted by Gasteiger charge is -2.41. The van der Waals surface area contributed by atoms with Gasteiger partial charge in [-0.1, -0.05) is 30.3 Å². The second-order valence-corrected chi connectivity index (χ2v) is 8.96. The van der Waals surface area contributed by atoms with E-state index >= 15 is 0 Å². The number of carbonyl (C=O) groups excluding carboxylic acids is 2. The van der Waals surface area contributed by atoms with Gasteiger partial charge < -0.3 is 4.90 Å². The van der Waals surface area contributed by atoms with E-state index in [4.69, 9.17) is 5.26 Å². The molecule has 3 amide bonds. The average molecular weight is 470 g/mol. The molecule has 34 heavy (non-hydrogen) atoms. The number of hydrogen-bond donors (Lipinski definition) is 0. The van der Waals surface area contributed by atoms with Crippen LogP contribution in [0.1, 0.15) is 17.5 Å². The quantitative estimate of drug-likeness (QED) is 0.559. The Bertz CT molecular complexity index is 1450. The van der Waals surface area contributed by atoms with Gasteiger partial charge in [0.1, 0.15) is 11.1 Å². The van der Waals surface area contributed by atoms with Crippen LogP contribution in [0.5, 0.6) is 0 Å². The predicted molar refractivity (Wildman–Crippen MR) is 126 cm³/mol. The van der Waals surface area contributed by atoms with Gasteiger partial charge in [-0.05, 0) is 18.2 Å². The summed E-state index contributed by atoms with van der Waals surface area (Å²) in [7, 11) is 0. The Morgan fingerprint density at radius 2 is 1.91 bits per heavy atom. The molecule has 2 aliphatic heterocycles. The number of nitrogens with zero attached hydrogens (tertiary/aromatic N) is 5. The molecule has 1 fully saturated rings. The fraction of sp³-hybridized carbons (Fsp3) is 0.160. The van der Waals surface area contributed by atoms with E-state index in [1.165, 1.54) is 41.2 Å². The van der Waals surface area contributed by atoms with Gasteiger partial charge >= 0.3 is 6.03 Å². The molecule has 2 atom stereocenters. The molecule has 166 valence electrons. The molecule has 0 aliphatic carbocycles. The van der Waals surface area contributed by atoms with Crippen LogP contribution < -0.4 is 4.90 Å². The lowest BCUT2D eigenvalue weighted by molar-refractivity contribution is -0.119. The maximum Gasteiger partial charge on any atom is 0.332 e. The molecule has 9 heteroatoms. The third-order valence-electron chi connectivity index (χ3n) is 5.88. The number of amides is 3. The van der Waals surface area contributed by atoms with Crippen LogP contribution in [-0.4, -0.2) is 39.7 Å². The van der Waals surface area contributed by atoms with Crippen LogP contribution in [0.15, 0.2) is 60.9 Å². The summed E-state index contributed by atoms with van der Waals surface area (Å²) in [4.78, 5) is 34.5. The topological polar surface area (TPSA) is 101 Å². The van der Waals surface area contributed by atoms with E-state index in [1.54, 1.807) is 36.4 Å². The normalized spacial score (nSPS) is 19.6. The monoisotopic (exact) mass is 469 g/mol. The van der Waals surface area contributed by atoms with Gasteiger partial charge in [-0.15, -0.1) is 11.8 Å². The van der Waals surface area contributed by atoms with Crippen molar-refractivity contribution < 1.29 is 14.0 Å². The van der Waals surface area contributed by atoms with E-state index in [1.807, 2.05) is 6.07 Å². The van der Waals surface area contributed by atoms with Crippen LogP contribution in [0, 0.1) is 28.5 Å². The number of carbonyl (C=O) groups is 2. The zero-order chi connectivity index (χ0) is 23.8. The molecule has 1 aromatic heterocycles. The van der Waals surface area contributed by atoms with Crippen molar-refractivity contribution in [3.8, 4) is 12.1 Å². The minimum atomic E-state index is -0.708. The minimum absolute atomic E-state index is 0.0671. The maximum absolute atomic E-state index is 14.8. The molecule has 3 aromatic rings. The largest absolute Gasteiger partial charge is 0.332 e. The molecule has 7 nitrogen and oxygen atoms in total. The molecule has 3 heterocycles. The lowest BCUT2D eigenvalue weighted by Crippen LogP contribution is -2.62. The Hall–Kier alpha value is -4.21. The standard InChI is InChI=1S/C25H16FN5O2S/c26-18-8-3-6-16-13-29-14-20(22(16)18)31-24(32)23-19(30(25(31)33)10-4-9-27)11-21(34-23)17-7-2-1-5-15(17)12-28/h1-3,5-8,11,13-14,19,23H,4,10H2. The van der Waals surface area contributed by atoms with Crippen LogP contribution in [0.4, 0.5) is 14.9 Å². The first kappa shape index (κ1) is 21.6. The molecule has 0 N–H and O–H groups in total. The summed E-state index contributed by atoms with van der Waals surface area (Å²) in [6, 6.07) is 14.5. The second-order valence-electron chi connectivity index (χ2n) is 7.77. The highest BCUT2D eigenvalue weighted by Gasteiger charge is 2.50. The minimum Gasteiger partial charge on any atom is -0.315 e. The molecule has 0 radical (unpaired) electrons. The average Bonchev–Trinajstić information content (AvgIpc) is 3.30. The van der Waals surface area contributed by atoms with Crippen molar-refractivity contribution in [1.82, 2.24) is 9.88 Å². The molecule has 2 unspecified atom stereocenters. The van der Waals surface area contributed by atoms with Crippen molar-refractivity contribution in [1.29, 1.82) is 10.5 Å². The van der Waals surface area contributed by atoms with E-state index in [-0.39, 0.29) is 24.0 Å². The third-order valence-corrected chi connectivity index (χ3v) is 7.22. The molecule has 2 aromatic carbocycles. The number of nitriles is 2. The van der Waals surface area contributed by atoms with Crippen molar-refractivity contribution in [2.45, 2.75) is 17.7 Å². The molecular formula is C25H16FN5O2S. The summed E-state index contributed by atoms with van der Waals surface area (Å²) in [6.07, 6.45) is 4.66. The second kappa shape index (κ2) is 8.62. The number of anilines is 1. The number of fused-ring (bicyclic) bond motifs is 2. The van der Waals surface area contributed by atoms with Gasteiger partial charge in [0.15, 0.2) is 0 Å². The number of thioether (sulfide) groups is 1. The smallest absolute Gasteiger partial charge is 0.315 e. The number of benzene rings is 2. The maximum atomic E-state index is 14.8. The van der Waals surface area contributed by atoms with Crippen molar-refractivity contribution >= 4 is 45.1 Å². The summed E-state index contributed by atoms with van der Waals surface area (Å²) in [6.45, 7) is 0.102. The van der Waals surface area contributed by atoms with Crippen LogP contribution >= 0.6 is 11.8 Å². The van der Waals surface area contributed by atoms with Crippen molar-refractivity contribution in [3.63, 3.8) is 0 Å². The van der Waals surface area contributed by atoms with E-state index < -0.39 is 29.0 Å². The third kappa shape index (κ3) is 3.38. The van der Waals surface area contributed by atoms with E-state index in [0.717, 1.165) is 4.90 Å². The fourth-order valence-corrected chi connectivity index (χ4v) is 5.71. The van der Waals surface area contributed by atoms with Gasteiger partial charge in [-0.3, -0.25) is 9.78 Å². The fourth-order valence-electron chi connectivity index (χ4n) is 4.34. The SMILES string of the molecule is N#CCCN1C(=O)N(c2cncc3cccc(F)c23)C(=O)C2SC(c3ccccc3C#N)=CC21. The van der Waals surface area contributed by atoms with Gasteiger partial charge in [0.2, 0.25) is 0 Å². The van der Waals surface area contributed by atoms with Crippen molar-refractivity contribution in [2.24, 2.45) is 0 Å². The van der Waals surface area contributed by atoms with Crippen LogP contribution in [0.2, 0.25) is 0 Å². The van der Waals surface area contributed by atoms with Crippen LogP contribution in [-0.2, 0) is 4.79 Å². The Morgan fingerprint density at radius 3 is 2.71 bits per heavy atom. The molecule has 0 saturated carbocycles. The Labute approximate surface area is 198 Å². The van der Waals surface area contributed by atoms with Crippen LogP contribution in [0.25, 0.3) is 15.7 Å². The molecule has 2 aliphatic rings.